The third kappa shape index (κ3) is 2.16. The summed E-state index contributed by atoms with van der Waals surface area (Å²) in [6.07, 6.45) is 1.58. The molecule has 0 amide bonds. The van der Waals surface area contributed by atoms with Crippen molar-refractivity contribution < 1.29 is 9.53 Å². The minimum atomic E-state index is -0.359. The smallest absolute Gasteiger partial charge is 0.339 e. The molecule has 0 aliphatic carbocycles. The highest BCUT2D eigenvalue weighted by atomic mass is 127. The number of rotatable bonds is 1. The first kappa shape index (κ1) is 9.91. The van der Waals surface area contributed by atoms with Crippen LogP contribution < -0.4 is 0 Å². The van der Waals surface area contributed by atoms with Crippen molar-refractivity contribution in [2.75, 3.05) is 7.11 Å². The van der Waals surface area contributed by atoms with E-state index in [1.165, 1.54) is 7.11 Å². The van der Waals surface area contributed by atoms with Gasteiger partial charge in [-0.2, -0.15) is 0 Å². The summed E-state index contributed by atoms with van der Waals surface area (Å²) in [6.45, 7) is 0. The zero-order valence-corrected chi connectivity index (χ0v) is 9.92. The van der Waals surface area contributed by atoms with Crippen LogP contribution in [-0.2, 0) is 4.74 Å². The number of hydrogen-bond acceptors (Lipinski definition) is 3. The van der Waals surface area contributed by atoms with Crippen LogP contribution in [0.1, 0.15) is 10.4 Å². The number of hydrogen-bond donors (Lipinski definition) is 0. The summed E-state index contributed by atoms with van der Waals surface area (Å²) in [6, 6.07) is 1.66. The molecule has 0 unspecified atom stereocenters. The molecule has 0 N–H and O–H groups in total. The molecule has 12 heavy (non-hydrogen) atoms. The lowest BCUT2D eigenvalue weighted by Gasteiger charge is -2.01. The Morgan fingerprint density at radius 1 is 1.75 bits per heavy atom. The van der Waals surface area contributed by atoms with Crippen LogP contribution in [0.3, 0.4) is 0 Å². The molecule has 1 aromatic heterocycles. The highest BCUT2D eigenvalue weighted by molar-refractivity contribution is 14.1. The fourth-order valence-electron chi connectivity index (χ4n) is 0.680. The summed E-state index contributed by atoms with van der Waals surface area (Å²) in [5.41, 5.74) is 0.497. The van der Waals surface area contributed by atoms with Gasteiger partial charge in [-0.1, -0.05) is 0 Å². The summed E-state index contributed by atoms with van der Waals surface area (Å²) in [5, 5.41) is 0. The standard InChI is InChI=1S/C7H5BrINO2/c1-12-7(11)4-2-6(9)10-3-5(4)8/h2-3H,1H3. The van der Waals surface area contributed by atoms with Crippen LogP contribution in [0.4, 0.5) is 0 Å². The number of esters is 1. The summed E-state index contributed by atoms with van der Waals surface area (Å²) in [5.74, 6) is -0.359. The maximum Gasteiger partial charge on any atom is 0.339 e. The number of aromatic nitrogens is 1. The van der Waals surface area contributed by atoms with Crippen LogP contribution >= 0.6 is 38.5 Å². The number of methoxy groups -OCH3 is 1. The lowest BCUT2D eigenvalue weighted by Crippen LogP contribution is -2.03. The molecule has 0 saturated carbocycles. The van der Waals surface area contributed by atoms with Gasteiger partial charge in [-0.15, -0.1) is 0 Å². The molecule has 0 radical (unpaired) electrons. The molecule has 64 valence electrons. The number of ether oxygens (including phenoxy) is 1. The SMILES string of the molecule is COC(=O)c1cc(I)ncc1Br. The molecule has 1 rings (SSSR count). The van der Waals surface area contributed by atoms with Crippen LogP contribution in [0.2, 0.25) is 0 Å². The summed E-state index contributed by atoms with van der Waals surface area (Å²) in [4.78, 5) is 15.1. The van der Waals surface area contributed by atoms with Crippen molar-refractivity contribution in [1.29, 1.82) is 0 Å². The van der Waals surface area contributed by atoms with Crippen molar-refractivity contribution in [1.82, 2.24) is 4.98 Å². The summed E-state index contributed by atoms with van der Waals surface area (Å²) >= 11 is 5.24. The molecular weight excluding hydrogens is 337 g/mol. The molecule has 0 aliphatic heterocycles. The number of halogens is 2. The normalized spacial score (nSPS) is 9.58. The monoisotopic (exact) mass is 341 g/mol. The molecular formula is C7H5BrINO2. The second-order valence-corrected chi connectivity index (χ2v) is 3.94. The Kier molecular flexibility index (Phi) is 3.45. The van der Waals surface area contributed by atoms with Gasteiger partial charge in [-0.3, -0.25) is 0 Å². The van der Waals surface area contributed by atoms with Crippen LogP contribution in [-0.4, -0.2) is 18.1 Å². The molecule has 0 fully saturated rings. The van der Waals surface area contributed by atoms with E-state index in [-0.39, 0.29) is 5.97 Å². The van der Waals surface area contributed by atoms with E-state index in [0.717, 1.165) is 3.70 Å². The van der Waals surface area contributed by atoms with Crippen LogP contribution in [0.5, 0.6) is 0 Å². The van der Waals surface area contributed by atoms with Crippen molar-refractivity contribution in [2.45, 2.75) is 0 Å². The maximum absolute atomic E-state index is 11.1. The van der Waals surface area contributed by atoms with Gasteiger partial charge in [0.05, 0.1) is 17.1 Å². The van der Waals surface area contributed by atoms with Crippen molar-refractivity contribution in [3.63, 3.8) is 0 Å². The van der Waals surface area contributed by atoms with E-state index in [1.807, 2.05) is 22.6 Å². The predicted octanol–water partition coefficient (Wildman–Crippen LogP) is 2.24. The largest absolute Gasteiger partial charge is 0.465 e. The molecule has 0 atom stereocenters. The van der Waals surface area contributed by atoms with E-state index in [0.29, 0.717) is 10.0 Å². The number of carbonyl (C=O) groups excluding carboxylic acids is 1. The van der Waals surface area contributed by atoms with Crippen LogP contribution in [0.15, 0.2) is 16.7 Å². The van der Waals surface area contributed by atoms with Gasteiger partial charge in [0.1, 0.15) is 3.70 Å². The predicted molar refractivity (Wildman–Crippen MR) is 56.0 cm³/mol. The van der Waals surface area contributed by atoms with Gasteiger partial charge in [0, 0.05) is 6.20 Å². The Hall–Kier alpha value is -0.170. The highest BCUT2D eigenvalue weighted by Crippen LogP contribution is 2.17. The average molecular weight is 342 g/mol. The molecule has 0 aliphatic rings. The topological polar surface area (TPSA) is 39.2 Å². The Balaban J connectivity index is 3.13. The van der Waals surface area contributed by atoms with Gasteiger partial charge in [0.2, 0.25) is 0 Å². The first-order chi connectivity index (χ1) is 5.65. The lowest BCUT2D eigenvalue weighted by atomic mass is 10.3. The van der Waals surface area contributed by atoms with E-state index >= 15 is 0 Å². The maximum atomic E-state index is 11.1. The van der Waals surface area contributed by atoms with Gasteiger partial charge in [-0.05, 0) is 44.6 Å². The number of pyridine rings is 1. The number of carbonyl (C=O) groups is 1. The van der Waals surface area contributed by atoms with Gasteiger partial charge in [0.15, 0.2) is 0 Å². The van der Waals surface area contributed by atoms with E-state index < -0.39 is 0 Å². The molecule has 0 aromatic carbocycles. The molecule has 0 spiro atoms. The minimum Gasteiger partial charge on any atom is -0.465 e. The van der Waals surface area contributed by atoms with Gasteiger partial charge in [0.25, 0.3) is 0 Å². The van der Waals surface area contributed by atoms with Crippen molar-refractivity contribution in [3.8, 4) is 0 Å². The Morgan fingerprint density at radius 2 is 2.42 bits per heavy atom. The zero-order chi connectivity index (χ0) is 9.14. The molecule has 1 aromatic rings. The Morgan fingerprint density at radius 3 is 3.00 bits per heavy atom. The van der Waals surface area contributed by atoms with Crippen molar-refractivity contribution in [3.05, 3.63) is 26.0 Å². The Labute approximate surface area is 91.8 Å². The third-order valence-electron chi connectivity index (χ3n) is 1.23. The van der Waals surface area contributed by atoms with Crippen LogP contribution in [0, 0.1) is 3.70 Å². The minimum absolute atomic E-state index is 0.359. The first-order valence-corrected chi connectivity index (χ1v) is 4.91. The molecule has 5 heteroatoms. The van der Waals surface area contributed by atoms with Crippen LogP contribution in [0.25, 0.3) is 0 Å². The van der Waals surface area contributed by atoms with Gasteiger partial charge >= 0.3 is 5.97 Å². The Bertz CT molecular complexity index is 316. The fraction of sp³-hybridized carbons (Fsp3) is 0.143. The van der Waals surface area contributed by atoms with E-state index in [1.54, 1.807) is 12.3 Å². The quantitative estimate of drug-likeness (QED) is 0.447. The second-order valence-electron chi connectivity index (χ2n) is 1.98. The zero-order valence-electron chi connectivity index (χ0n) is 6.17. The summed E-state index contributed by atoms with van der Waals surface area (Å²) in [7, 11) is 1.35. The summed E-state index contributed by atoms with van der Waals surface area (Å²) < 4.78 is 5.98. The van der Waals surface area contributed by atoms with Crippen molar-refractivity contribution >= 4 is 44.5 Å². The number of nitrogens with zero attached hydrogens (tertiary/aromatic N) is 1. The molecule has 3 nitrogen and oxygen atoms in total. The van der Waals surface area contributed by atoms with Gasteiger partial charge in [-0.25, -0.2) is 9.78 Å². The van der Waals surface area contributed by atoms with E-state index in [9.17, 15) is 4.79 Å². The molecule has 0 bridgehead atoms. The van der Waals surface area contributed by atoms with Gasteiger partial charge < -0.3 is 4.74 Å². The third-order valence-corrected chi connectivity index (χ3v) is 2.45. The molecule has 1 heterocycles. The fourth-order valence-corrected chi connectivity index (χ4v) is 1.51. The highest BCUT2D eigenvalue weighted by Gasteiger charge is 2.10. The molecule has 0 saturated heterocycles. The van der Waals surface area contributed by atoms with Crippen molar-refractivity contribution in [2.24, 2.45) is 0 Å². The second kappa shape index (κ2) is 4.18. The van der Waals surface area contributed by atoms with E-state index in [4.69, 9.17) is 0 Å². The first-order valence-electron chi connectivity index (χ1n) is 3.04. The van der Waals surface area contributed by atoms with E-state index in [2.05, 4.69) is 25.7 Å². The average Bonchev–Trinajstić information content (AvgIpc) is 2.08. The lowest BCUT2D eigenvalue weighted by molar-refractivity contribution is 0.0599.